The third kappa shape index (κ3) is 3.21. The minimum atomic E-state index is -3.74. The number of hydrogen-bond donors (Lipinski definition) is 0. The van der Waals surface area contributed by atoms with Gasteiger partial charge in [-0.25, -0.2) is 8.42 Å². The highest BCUT2D eigenvalue weighted by molar-refractivity contribution is 7.89. The standard InChI is InChI=1S/C22H22N4O4S2/c1-13-7-8-14(2)20-18(13)15(3)21(30-20)22(27)25-9-11-26(12-10-25)32(28,29)17-6-4-5-16-19(17)24-31-23-16/h4-8H,9-12H2,1-3H3. The predicted molar refractivity (Wildman–Crippen MR) is 123 cm³/mol. The van der Waals surface area contributed by atoms with Crippen LogP contribution in [0.25, 0.3) is 22.0 Å². The van der Waals surface area contributed by atoms with E-state index in [0.29, 0.717) is 16.8 Å². The van der Waals surface area contributed by atoms with Crippen LogP contribution in [0, 0.1) is 20.8 Å². The van der Waals surface area contributed by atoms with Gasteiger partial charge >= 0.3 is 0 Å². The third-order valence-electron chi connectivity index (χ3n) is 6.07. The van der Waals surface area contributed by atoms with Crippen molar-refractivity contribution in [2.24, 2.45) is 0 Å². The molecule has 0 N–H and O–H groups in total. The third-order valence-corrected chi connectivity index (χ3v) is 8.54. The molecule has 5 rings (SSSR count). The molecular weight excluding hydrogens is 448 g/mol. The van der Waals surface area contributed by atoms with E-state index in [4.69, 9.17) is 4.42 Å². The molecule has 1 aliphatic rings. The van der Waals surface area contributed by atoms with Crippen molar-refractivity contribution in [3.8, 4) is 0 Å². The van der Waals surface area contributed by atoms with Crippen LogP contribution in [0.1, 0.15) is 27.2 Å². The normalized spacial score (nSPS) is 15.7. The van der Waals surface area contributed by atoms with Gasteiger partial charge in [0.2, 0.25) is 10.0 Å². The molecule has 2 aromatic heterocycles. The lowest BCUT2D eigenvalue weighted by Crippen LogP contribution is -2.50. The molecule has 0 unspecified atom stereocenters. The number of aryl methyl sites for hydroxylation is 3. The lowest BCUT2D eigenvalue weighted by molar-refractivity contribution is 0.0667. The summed E-state index contributed by atoms with van der Waals surface area (Å²) in [5.41, 5.74) is 4.55. The van der Waals surface area contributed by atoms with Gasteiger partial charge in [0.15, 0.2) is 5.76 Å². The molecule has 0 spiro atoms. The lowest BCUT2D eigenvalue weighted by atomic mass is 10.0. The Morgan fingerprint density at radius 2 is 1.72 bits per heavy atom. The quantitative estimate of drug-likeness (QED) is 0.455. The number of carbonyl (C=O) groups is 1. The molecule has 1 fully saturated rings. The van der Waals surface area contributed by atoms with E-state index in [9.17, 15) is 13.2 Å². The van der Waals surface area contributed by atoms with E-state index in [1.807, 2.05) is 32.9 Å². The Hall–Kier alpha value is -2.82. The maximum atomic E-state index is 13.2. The molecule has 0 atom stereocenters. The van der Waals surface area contributed by atoms with Crippen molar-refractivity contribution in [2.75, 3.05) is 26.2 Å². The minimum Gasteiger partial charge on any atom is -0.450 e. The topological polar surface area (TPSA) is 96.6 Å². The Bertz CT molecular complexity index is 1460. The van der Waals surface area contributed by atoms with Gasteiger partial charge in [-0.05, 0) is 44.0 Å². The average Bonchev–Trinajstić information content (AvgIpc) is 3.41. The highest BCUT2D eigenvalue weighted by Gasteiger charge is 2.33. The smallest absolute Gasteiger partial charge is 0.289 e. The number of piperazine rings is 1. The zero-order valence-electron chi connectivity index (χ0n) is 18.0. The minimum absolute atomic E-state index is 0.155. The fourth-order valence-corrected chi connectivity index (χ4v) is 6.46. The highest BCUT2D eigenvalue weighted by atomic mass is 32.2. The summed E-state index contributed by atoms with van der Waals surface area (Å²) in [6.07, 6.45) is 0. The van der Waals surface area contributed by atoms with Crippen molar-refractivity contribution in [3.05, 3.63) is 52.8 Å². The second-order valence-electron chi connectivity index (χ2n) is 8.04. The molecule has 1 aliphatic heterocycles. The summed E-state index contributed by atoms with van der Waals surface area (Å²) in [6, 6.07) is 8.98. The van der Waals surface area contributed by atoms with Gasteiger partial charge < -0.3 is 9.32 Å². The SMILES string of the molecule is Cc1ccc(C)c2c(C)c(C(=O)N3CCN(S(=O)(=O)c4cccc5nsnc45)CC3)oc12. The molecule has 1 saturated heterocycles. The number of carbonyl (C=O) groups excluding carboxylic acids is 1. The van der Waals surface area contributed by atoms with Crippen LogP contribution in [-0.4, -0.2) is 58.5 Å². The molecule has 2 aromatic carbocycles. The fourth-order valence-electron chi connectivity index (χ4n) is 4.28. The number of fused-ring (bicyclic) bond motifs is 2. The van der Waals surface area contributed by atoms with E-state index in [0.717, 1.165) is 39.4 Å². The predicted octanol–water partition coefficient (Wildman–Crippen LogP) is 3.51. The molecule has 4 aromatic rings. The molecule has 8 nitrogen and oxygen atoms in total. The van der Waals surface area contributed by atoms with Gasteiger partial charge in [0.05, 0.1) is 11.7 Å². The number of sulfonamides is 1. The van der Waals surface area contributed by atoms with E-state index in [-0.39, 0.29) is 37.0 Å². The molecule has 0 saturated carbocycles. The fraction of sp³-hybridized carbons (Fsp3) is 0.318. The lowest BCUT2D eigenvalue weighted by Gasteiger charge is -2.33. The molecule has 0 bridgehead atoms. The maximum absolute atomic E-state index is 13.2. The summed E-state index contributed by atoms with van der Waals surface area (Å²) in [5, 5.41) is 0.972. The van der Waals surface area contributed by atoms with Gasteiger partial charge in [0, 0.05) is 37.1 Å². The molecule has 166 valence electrons. The van der Waals surface area contributed by atoms with E-state index in [1.54, 1.807) is 23.1 Å². The van der Waals surface area contributed by atoms with Crippen LogP contribution in [0.4, 0.5) is 0 Å². The molecule has 1 amide bonds. The molecule has 10 heteroatoms. The van der Waals surface area contributed by atoms with Gasteiger partial charge in [0.25, 0.3) is 5.91 Å². The number of furan rings is 1. The molecule has 32 heavy (non-hydrogen) atoms. The Balaban J connectivity index is 1.38. The largest absolute Gasteiger partial charge is 0.450 e. The van der Waals surface area contributed by atoms with Crippen LogP contribution in [0.15, 0.2) is 39.6 Å². The first-order valence-electron chi connectivity index (χ1n) is 10.3. The van der Waals surface area contributed by atoms with E-state index in [2.05, 4.69) is 8.75 Å². The summed E-state index contributed by atoms with van der Waals surface area (Å²) >= 11 is 0.990. The Morgan fingerprint density at radius 3 is 2.44 bits per heavy atom. The monoisotopic (exact) mass is 470 g/mol. The number of benzene rings is 2. The van der Waals surface area contributed by atoms with Gasteiger partial charge in [-0.1, -0.05) is 18.2 Å². The number of hydrogen-bond acceptors (Lipinski definition) is 7. The molecule has 3 heterocycles. The first-order valence-corrected chi connectivity index (χ1v) is 12.5. The van der Waals surface area contributed by atoms with E-state index >= 15 is 0 Å². The Labute approximate surface area is 189 Å². The van der Waals surface area contributed by atoms with Crippen molar-refractivity contribution in [1.82, 2.24) is 18.0 Å². The van der Waals surface area contributed by atoms with Crippen molar-refractivity contribution < 1.29 is 17.6 Å². The molecule has 0 radical (unpaired) electrons. The number of amides is 1. The van der Waals surface area contributed by atoms with Crippen LogP contribution in [0.5, 0.6) is 0 Å². The average molecular weight is 471 g/mol. The highest BCUT2D eigenvalue weighted by Crippen LogP contribution is 2.32. The van der Waals surface area contributed by atoms with Gasteiger partial charge in [-0.2, -0.15) is 13.1 Å². The van der Waals surface area contributed by atoms with Crippen molar-refractivity contribution in [1.29, 1.82) is 0 Å². The summed E-state index contributed by atoms with van der Waals surface area (Å²) < 4.78 is 42.1. The zero-order chi connectivity index (χ0) is 22.6. The number of rotatable bonds is 3. The summed E-state index contributed by atoms with van der Waals surface area (Å²) in [7, 11) is -3.74. The van der Waals surface area contributed by atoms with Crippen molar-refractivity contribution >= 4 is 49.7 Å². The number of nitrogens with zero attached hydrogens (tertiary/aromatic N) is 4. The van der Waals surface area contributed by atoms with Crippen molar-refractivity contribution in [3.63, 3.8) is 0 Å². The number of aromatic nitrogens is 2. The van der Waals surface area contributed by atoms with Gasteiger partial charge in [-0.15, -0.1) is 0 Å². The summed E-state index contributed by atoms with van der Waals surface area (Å²) in [6.45, 7) is 6.85. The van der Waals surface area contributed by atoms with Crippen LogP contribution >= 0.6 is 11.7 Å². The molecular formula is C22H22N4O4S2. The second kappa shape index (κ2) is 7.65. The van der Waals surface area contributed by atoms with E-state index < -0.39 is 10.0 Å². The van der Waals surface area contributed by atoms with Gasteiger partial charge in [-0.3, -0.25) is 4.79 Å². The zero-order valence-corrected chi connectivity index (χ0v) is 19.6. The first kappa shape index (κ1) is 21.0. The molecule has 0 aliphatic carbocycles. The Morgan fingerprint density at radius 1 is 1.00 bits per heavy atom. The summed E-state index contributed by atoms with van der Waals surface area (Å²) in [4.78, 5) is 15.0. The maximum Gasteiger partial charge on any atom is 0.289 e. The van der Waals surface area contributed by atoms with Crippen molar-refractivity contribution in [2.45, 2.75) is 25.7 Å². The van der Waals surface area contributed by atoms with Crippen LogP contribution in [0.3, 0.4) is 0 Å². The van der Waals surface area contributed by atoms with Gasteiger partial charge in [0.1, 0.15) is 21.5 Å². The Kier molecular flexibility index (Phi) is 5.03. The first-order chi connectivity index (χ1) is 15.3. The van der Waals surface area contributed by atoms with Crippen LogP contribution in [0.2, 0.25) is 0 Å². The summed E-state index contributed by atoms with van der Waals surface area (Å²) in [5.74, 6) is 0.118. The van der Waals surface area contributed by atoms with E-state index in [1.165, 1.54) is 4.31 Å². The second-order valence-corrected chi connectivity index (χ2v) is 10.5. The van der Waals surface area contributed by atoms with Crippen LogP contribution in [-0.2, 0) is 10.0 Å². The van der Waals surface area contributed by atoms with Crippen LogP contribution < -0.4 is 0 Å².